The van der Waals surface area contributed by atoms with Crippen LogP contribution in [0.4, 0.5) is 0 Å². The van der Waals surface area contributed by atoms with Gasteiger partial charge >= 0.3 is 0 Å². The fourth-order valence-electron chi connectivity index (χ4n) is 3.91. The maximum Gasteiger partial charge on any atom is 0.250 e. The normalized spacial score (nSPS) is 14.7. The van der Waals surface area contributed by atoms with E-state index < -0.39 is 0 Å². The van der Waals surface area contributed by atoms with Gasteiger partial charge in [0.2, 0.25) is 0 Å². The highest BCUT2D eigenvalue weighted by atomic mass is 35.5. The van der Waals surface area contributed by atoms with Crippen LogP contribution in [0.2, 0.25) is 5.02 Å². The minimum Gasteiger partial charge on any atom is -0.299 e. The summed E-state index contributed by atoms with van der Waals surface area (Å²) in [6.45, 7) is 2.01. The van der Waals surface area contributed by atoms with Crippen molar-refractivity contribution in [1.29, 1.82) is 0 Å². The molecule has 1 aromatic heterocycles. The fourth-order valence-corrected chi connectivity index (χ4v) is 4.83. The number of hydrogen-bond donors (Lipinski definition) is 1. The van der Waals surface area contributed by atoms with Gasteiger partial charge in [0.1, 0.15) is 0 Å². The molecule has 6 nitrogen and oxygen atoms in total. The number of carbonyl (C=O) groups is 1. The molecule has 0 spiro atoms. The van der Waals surface area contributed by atoms with Crippen LogP contribution in [-0.4, -0.2) is 32.6 Å². The second-order valence-corrected chi connectivity index (χ2v) is 9.29. The molecule has 1 heterocycles. The molecule has 0 radical (unpaired) electrons. The van der Waals surface area contributed by atoms with Gasteiger partial charge in [0.15, 0.2) is 11.0 Å². The molecule has 32 heavy (non-hydrogen) atoms. The number of halogens is 1. The van der Waals surface area contributed by atoms with Crippen LogP contribution in [0.3, 0.4) is 0 Å². The van der Waals surface area contributed by atoms with E-state index in [1.54, 1.807) is 6.21 Å². The highest BCUT2D eigenvalue weighted by Crippen LogP contribution is 2.35. The number of thioether (sulfide) groups is 1. The van der Waals surface area contributed by atoms with Crippen LogP contribution in [0.1, 0.15) is 49.3 Å². The van der Waals surface area contributed by atoms with Crippen molar-refractivity contribution in [2.75, 3.05) is 5.75 Å². The summed E-state index contributed by atoms with van der Waals surface area (Å²) in [5.74, 6) is 0.872. The minimum atomic E-state index is -0.175. The van der Waals surface area contributed by atoms with Gasteiger partial charge in [-0.25, -0.2) is 5.43 Å². The maximum atomic E-state index is 12.4. The van der Waals surface area contributed by atoms with E-state index in [9.17, 15) is 4.79 Å². The van der Waals surface area contributed by atoms with E-state index in [0.29, 0.717) is 11.1 Å². The molecule has 1 amide bonds. The number of amides is 1. The summed E-state index contributed by atoms with van der Waals surface area (Å²) in [6, 6.07) is 15.9. The standard InChI is InChI=1S/C24H26ClN5OS/c1-17-7-5-6-8-19(17)15-26-27-22(31)16-32-24-29-28-23(18-11-13-20(25)14-12-18)30(24)21-9-3-2-4-10-21/h5-8,11-15,21H,2-4,9-10,16H2,1H3,(H,27,31). The first-order valence-electron chi connectivity index (χ1n) is 10.8. The number of hydrogen-bond acceptors (Lipinski definition) is 5. The predicted octanol–water partition coefficient (Wildman–Crippen LogP) is 5.65. The maximum absolute atomic E-state index is 12.4. The molecule has 2 aromatic carbocycles. The zero-order chi connectivity index (χ0) is 22.3. The summed E-state index contributed by atoms with van der Waals surface area (Å²) in [7, 11) is 0. The molecule has 3 aromatic rings. The van der Waals surface area contributed by atoms with Gasteiger partial charge in [-0.05, 0) is 55.2 Å². The van der Waals surface area contributed by atoms with E-state index in [0.717, 1.165) is 40.5 Å². The third-order valence-corrected chi connectivity index (χ3v) is 6.82. The third-order valence-electron chi connectivity index (χ3n) is 5.62. The molecular weight excluding hydrogens is 442 g/mol. The number of aryl methyl sites for hydroxylation is 1. The third kappa shape index (κ3) is 5.58. The Morgan fingerprint density at radius 3 is 2.66 bits per heavy atom. The van der Waals surface area contributed by atoms with Crippen molar-refractivity contribution in [3.63, 3.8) is 0 Å². The Morgan fingerprint density at radius 2 is 1.91 bits per heavy atom. The summed E-state index contributed by atoms with van der Waals surface area (Å²) in [6.07, 6.45) is 7.51. The highest BCUT2D eigenvalue weighted by molar-refractivity contribution is 7.99. The smallest absolute Gasteiger partial charge is 0.250 e. The van der Waals surface area contributed by atoms with Crippen molar-refractivity contribution in [3.05, 3.63) is 64.7 Å². The predicted molar refractivity (Wildman–Crippen MR) is 130 cm³/mol. The number of hydrazone groups is 1. The Balaban J connectivity index is 1.46. The molecule has 0 saturated heterocycles. The number of carbonyl (C=O) groups excluding carboxylic acids is 1. The lowest BCUT2D eigenvalue weighted by Crippen LogP contribution is -2.20. The first kappa shape index (κ1) is 22.6. The van der Waals surface area contributed by atoms with Gasteiger partial charge in [0.05, 0.1) is 12.0 Å². The first-order valence-corrected chi connectivity index (χ1v) is 12.2. The Labute approximate surface area is 197 Å². The number of rotatable bonds is 7. The molecule has 0 atom stereocenters. The van der Waals surface area contributed by atoms with Gasteiger partial charge in [-0.15, -0.1) is 10.2 Å². The number of benzene rings is 2. The second-order valence-electron chi connectivity index (χ2n) is 7.91. The van der Waals surface area contributed by atoms with Crippen LogP contribution in [0.5, 0.6) is 0 Å². The molecule has 1 aliphatic carbocycles. The molecule has 0 bridgehead atoms. The van der Waals surface area contributed by atoms with Crippen LogP contribution in [0, 0.1) is 6.92 Å². The van der Waals surface area contributed by atoms with Crippen LogP contribution >= 0.6 is 23.4 Å². The average Bonchev–Trinajstić information content (AvgIpc) is 3.24. The second kappa shape index (κ2) is 10.8. The van der Waals surface area contributed by atoms with E-state index >= 15 is 0 Å². The van der Waals surface area contributed by atoms with E-state index in [1.807, 2.05) is 55.5 Å². The van der Waals surface area contributed by atoms with Crippen LogP contribution in [0.15, 0.2) is 58.8 Å². The summed E-state index contributed by atoms with van der Waals surface area (Å²) >= 11 is 7.46. The van der Waals surface area contributed by atoms with Crippen molar-refractivity contribution >= 4 is 35.5 Å². The topological polar surface area (TPSA) is 72.2 Å². The molecule has 1 saturated carbocycles. The summed E-state index contributed by atoms with van der Waals surface area (Å²) < 4.78 is 2.21. The van der Waals surface area contributed by atoms with Gasteiger partial charge in [-0.3, -0.25) is 9.36 Å². The Morgan fingerprint density at radius 1 is 1.16 bits per heavy atom. The first-order chi connectivity index (χ1) is 15.6. The van der Waals surface area contributed by atoms with Gasteiger partial charge in [-0.1, -0.05) is 66.9 Å². The van der Waals surface area contributed by atoms with Crippen molar-refractivity contribution in [3.8, 4) is 11.4 Å². The molecule has 0 unspecified atom stereocenters. The van der Waals surface area contributed by atoms with E-state index in [4.69, 9.17) is 11.6 Å². The number of nitrogens with zero attached hydrogens (tertiary/aromatic N) is 4. The minimum absolute atomic E-state index is 0.175. The molecule has 1 fully saturated rings. The van der Waals surface area contributed by atoms with Gasteiger partial charge in [0, 0.05) is 16.6 Å². The molecule has 0 aliphatic heterocycles. The quantitative estimate of drug-likeness (QED) is 0.276. The van der Waals surface area contributed by atoms with Crippen molar-refractivity contribution in [1.82, 2.24) is 20.2 Å². The van der Waals surface area contributed by atoms with Crippen molar-refractivity contribution in [2.45, 2.75) is 50.2 Å². The highest BCUT2D eigenvalue weighted by Gasteiger charge is 2.24. The summed E-state index contributed by atoms with van der Waals surface area (Å²) in [5.41, 5.74) is 5.67. The summed E-state index contributed by atoms with van der Waals surface area (Å²) in [5, 5.41) is 14.4. The summed E-state index contributed by atoms with van der Waals surface area (Å²) in [4.78, 5) is 12.4. The lowest BCUT2D eigenvalue weighted by molar-refractivity contribution is -0.118. The molecular formula is C24H26ClN5OS. The van der Waals surface area contributed by atoms with Gasteiger partial charge < -0.3 is 0 Å². The average molecular weight is 468 g/mol. The Kier molecular flexibility index (Phi) is 7.60. The molecule has 1 N–H and O–H groups in total. The van der Waals surface area contributed by atoms with E-state index in [2.05, 4.69) is 25.3 Å². The van der Waals surface area contributed by atoms with E-state index in [-0.39, 0.29) is 11.7 Å². The molecule has 8 heteroatoms. The zero-order valence-electron chi connectivity index (χ0n) is 18.0. The Bertz CT molecular complexity index is 1090. The van der Waals surface area contributed by atoms with Gasteiger partial charge in [-0.2, -0.15) is 5.10 Å². The molecule has 166 valence electrons. The van der Waals surface area contributed by atoms with E-state index in [1.165, 1.54) is 31.0 Å². The molecule has 1 aliphatic rings. The number of nitrogens with one attached hydrogen (secondary N) is 1. The zero-order valence-corrected chi connectivity index (χ0v) is 19.6. The van der Waals surface area contributed by atoms with Crippen LogP contribution < -0.4 is 5.43 Å². The molecule has 4 rings (SSSR count). The van der Waals surface area contributed by atoms with Gasteiger partial charge in [0.25, 0.3) is 5.91 Å². The van der Waals surface area contributed by atoms with Crippen molar-refractivity contribution < 1.29 is 4.79 Å². The van der Waals surface area contributed by atoms with Crippen LogP contribution in [-0.2, 0) is 4.79 Å². The number of aromatic nitrogens is 3. The SMILES string of the molecule is Cc1ccccc1C=NNC(=O)CSc1nnc(-c2ccc(Cl)cc2)n1C1CCCCC1. The largest absolute Gasteiger partial charge is 0.299 e. The van der Waals surface area contributed by atoms with Crippen LogP contribution in [0.25, 0.3) is 11.4 Å². The Hall–Kier alpha value is -2.64. The lowest BCUT2D eigenvalue weighted by atomic mass is 9.95. The van der Waals surface area contributed by atoms with Crippen molar-refractivity contribution in [2.24, 2.45) is 5.10 Å². The monoisotopic (exact) mass is 467 g/mol. The fraction of sp³-hybridized carbons (Fsp3) is 0.333. The lowest BCUT2D eigenvalue weighted by Gasteiger charge is -2.25.